The molecule has 3 fully saturated rings. The molecule has 262 valence electrons. The van der Waals surface area contributed by atoms with Crippen molar-refractivity contribution in [1.82, 2.24) is 0 Å². The first-order chi connectivity index (χ1) is 22.3. The van der Waals surface area contributed by atoms with Crippen LogP contribution in [0.4, 0.5) is 0 Å². The van der Waals surface area contributed by atoms with Gasteiger partial charge in [-0.25, -0.2) is 4.79 Å². The van der Waals surface area contributed by atoms with Crippen LogP contribution in [-0.4, -0.2) is 94.5 Å². The summed E-state index contributed by atoms with van der Waals surface area (Å²) in [5, 5.41) is 25.0. The molecule has 1 aromatic carbocycles. The highest BCUT2D eigenvalue weighted by Gasteiger charge is 2.79. The summed E-state index contributed by atoms with van der Waals surface area (Å²) in [6.07, 6.45) is -7.69. The number of carbonyl (C=O) groups excluding carboxylic acids is 5. The van der Waals surface area contributed by atoms with Gasteiger partial charge in [-0.2, -0.15) is 0 Å². The summed E-state index contributed by atoms with van der Waals surface area (Å²) < 4.78 is 36.1. The van der Waals surface area contributed by atoms with E-state index in [0.717, 1.165) is 13.8 Å². The molecule has 1 aliphatic heterocycles. The van der Waals surface area contributed by atoms with Gasteiger partial charge in [-0.3, -0.25) is 19.2 Å². The first kappa shape index (κ1) is 35.5. The Morgan fingerprint density at radius 3 is 1.94 bits per heavy atom. The number of ether oxygens (including phenoxy) is 6. The highest BCUT2D eigenvalue weighted by atomic mass is 16.6. The topological polar surface area (TPSA) is 181 Å². The third-order valence-corrected chi connectivity index (χ3v) is 10.8. The molecule has 10 atom stereocenters. The third-order valence-electron chi connectivity index (χ3n) is 10.8. The van der Waals surface area contributed by atoms with Gasteiger partial charge in [-0.1, -0.05) is 25.1 Å². The maximum absolute atomic E-state index is 14.1. The first-order valence-electron chi connectivity index (χ1n) is 16.0. The number of carbonyl (C=O) groups is 5. The monoisotopic (exact) mass is 672 g/mol. The van der Waals surface area contributed by atoms with Crippen molar-refractivity contribution in [1.29, 1.82) is 0 Å². The molecule has 3 aliphatic carbocycles. The highest BCUT2D eigenvalue weighted by molar-refractivity contribution is 5.89. The summed E-state index contributed by atoms with van der Waals surface area (Å²) >= 11 is 0. The van der Waals surface area contributed by atoms with Gasteiger partial charge in [-0.15, -0.1) is 0 Å². The average Bonchev–Trinajstić information content (AvgIpc) is 3.23. The van der Waals surface area contributed by atoms with Crippen LogP contribution in [0.3, 0.4) is 0 Å². The van der Waals surface area contributed by atoms with E-state index in [1.807, 2.05) is 0 Å². The van der Waals surface area contributed by atoms with Gasteiger partial charge < -0.3 is 38.6 Å². The van der Waals surface area contributed by atoms with Gasteiger partial charge in [0, 0.05) is 46.5 Å². The second-order valence-electron chi connectivity index (χ2n) is 14.1. The summed E-state index contributed by atoms with van der Waals surface area (Å²) in [4.78, 5) is 65.1. The molecule has 13 nitrogen and oxygen atoms in total. The third kappa shape index (κ3) is 5.49. The molecule has 1 saturated heterocycles. The van der Waals surface area contributed by atoms with E-state index in [9.17, 15) is 34.2 Å². The molecule has 0 spiro atoms. The standard InChI is InChI=1S/C35H44O13/c1-17-23(44-18(2)36)15-34(32(6,7)41)26(17)27(46-20(4)38)29(47-21(5)39)33(8)24(45-19(3)37)14-25-35(42,16-43-25)28(33)30(34)48-31(40)22-12-10-9-11-13-22/h9-13,23-25,27-30,41-42H,14-16H2,1-8H3/t23-,24-,25-,27+,28+,29+,30-,33-,34-,35-/m0/s1. The minimum absolute atomic E-state index is 0.0311. The molecule has 1 heterocycles. The Kier molecular flexibility index (Phi) is 9.07. The van der Waals surface area contributed by atoms with Crippen molar-refractivity contribution in [2.45, 2.75) is 116 Å². The summed E-state index contributed by atoms with van der Waals surface area (Å²) in [5.41, 5.74) is -6.29. The fraction of sp³-hybridized carbons (Fsp3) is 0.629. The van der Waals surface area contributed by atoms with Crippen LogP contribution in [0.1, 0.15) is 78.6 Å². The van der Waals surface area contributed by atoms with E-state index < -0.39 is 94.4 Å². The first-order valence-corrected chi connectivity index (χ1v) is 16.0. The summed E-state index contributed by atoms with van der Waals surface area (Å²) in [7, 11) is 0. The molecule has 5 rings (SSSR count). The van der Waals surface area contributed by atoms with Crippen LogP contribution in [0.2, 0.25) is 0 Å². The molecule has 0 aromatic heterocycles. The van der Waals surface area contributed by atoms with Gasteiger partial charge in [0.15, 0.2) is 12.2 Å². The number of benzene rings is 1. The zero-order chi connectivity index (χ0) is 35.6. The van der Waals surface area contributed by atoms with E-state index in [4.69, 9.17) is 28.4 Å². The molecule has 48 heavy (non-hydrogen) atoms. The number of hydrogen-bond acceptors (Lipinski definition) is 13. The van der Waals surface area contributed by atoms with Crippen LogP contribution >= 0.6 is 0 Å². The van der Waals surface area contributed by atoms with E-state index in [1.54, 1.807) is 44.2 Å². The maximum Gasteiger partial charge on any atom is 0.338 e. The minimum atomic E-state index is -1.85. The van der Waals surface area contributed by atoms with Crippen LogP contribution in [0.15, 0.2) is 41.5 Å². The summed E-state index contributed by atoms with van der Waals surface area (Å²) in [6.45, 7) is 10.8. The molecule has 0 radical (unpaired) electrons. The largest absolute Gasteiger partial charge is 0.462 e. The van der Waals surface area contributed by atoms with E-state index in [-0.39, 0.29) is 30.6 Å². The normalized spacial score (nSPS) is 37.0. The predicted molar refractivity (Wildman–Crippen MR) is 165 cm³/mol. The molecule has 0 unspecified atom stereocenters. The summed E-state index contributed by atoms with van der Waals surface area (Å²) in [5.74, 6) is -4.96. The Labute approximate surface area is 278 Å². The highest BCUT2D eigenvalue weighted by Crippen LogP contribution is 2.68. The van der Waals surface area contributed by atoms with Crippen LogP contribution in [0.25, 0.3) is 0 Å². The number of aliphatic hydroxyl groups is 2. The van der Waals surface area contributed by atoms with Crippen LogP contribution < -0.4 is 0 Å². The van der Waals surface area contributed by atoms with Crippen molar-refractivity contribution in [2.24, 2.45) is 16.7 Å². The van der Waals surface area contributed by atoms with Crippen LogP contribution in [-0.2, 0) is 47.6 Å². The molecule has 2 saturated carbocycles. The fourth-order valence-corrected chi connectivity index (χ4v) is 8.89. The molecule has 4 aliphatic rings. The Morgan fingerprint density at radius 1 is 0.854 bits per heavy atom. The second kappa shape index (κ2) is 12.3. The van der Waals surface area contributed by atoms with Crippen LogP contribution in [0, 0.1) is 16.7 Å². The van der Waals surface area contributed by atoms with Gasteiger partial charge >= 0.3 is 29.8 Å². The van der Waals surface area contributed by atoms with E-state index >= 15 is 0 Å². The number of rotatable bonds is 7. The van der Waals surface area contributed by atoms with Gasteiger partial charge in [0.1, 0.15) is 23.9 Å². The Hall–Kier alpha value is -3.81. The van der Waals surface area contributed by atoms with E-state index in [0.29, 0.717) is 5.57 Å². The van der Waals surface area contributed by atoms with Gasteiger partial charge in [0.2, 0.25) is 0 Å². The quantitative estimate of drug-likeness (QED) is 0.245. The lowest BCUT2D eigenvalue weighted by molar-refractivity contribution is -0.350. The smallest absolute Gasteiger partial charge is 0.338 e. The molecular weight excluding hydrogens is 628 g/mol. The fourth-order valence-electron chi connectivity index (χ4n) is 8.89. The zero-order valence-corrected chi connectivity index (χ0v) is 28.4. The Morgan fingerprint density at radius 2 is 1.44 bits per heavy atom. The van der Waals surface area contributed by atoms with Crippen LogP contribution in [0.5, 0.6) is 0 Å². The second-order valence-corrected chi connectivity index (χ2v) is 14.1. The van der Waals surface area contributed by atoms with Gasteiger partial charge in [0.05, 0.1) is 34.7 Å². The van der Waals surface area contributed by atoms with Crippen molar-refractivity contribution in [3.8, 4) is 0 Å². The number of esters is 5. The minimum Gasteiger partial charge on any atom is -0.462 e. The molecule has 2 N–H and O–H groups in total. The van der Waals surface area contributed by atoms with Crippen molar-refractivity contribution < 1.29 is 62.6 Å². The SMILES string of the molecule is CC(=O)O[C@H]1C[C@]2(C(C)(C)O)C(=C1C)[C@@H](OC(C)=O)[C@@H](OC(C)=O)[C@@]1(C)[C@@H](OC(C)=O)C[C@@H]3OC[C@@]3(O)[C@@H]1[C@@H]2OC(=O)c1ccccc1. The zero-order valence-electron chi connectivity index (χ0n) is 28.4. The lowest BCUT2D eigenvalue weighted by Crippen LogP contribution is -2.78. The predicted octanol–water partition coefficient (Wildman–Crippen LogP) is 2.59. The lowest BCUT2D eigenvalue weighted by atomic mass is 9.49. The van der Waals surface area contributed by atoms with Crippen molar-refractivity contribution in [3.05, 3.63) is 47.0 Å². The van der Waals surface area contributed by atoms with Crippen molar-refractivity contribution >= 4 is 29.8 Å². The average molecular weight is 673 g/mol. The van der Waals surface area contributed by atoms with Gasteiger partial charge in [-0.05, 0) is 44.1 Å². The molecule has 0 amide bonds. The molecule has 1 aromatic rings. The maximum atomic E-state index is 14.1. The van der Waals surface area contributed by atoms with E-state index in [1.165, 1.54) is 27.7 Å². The number of hydrogen-bond donors (Lipinski definition) is 2. The molecule has 0 bridgehead atoms. The van der Waals surface area contributed by atoms with Gasteiger partial charge in [0.25, 0.3) is 0 Å². The van der Waals surface area contributed by atoms with E-state index in [2.05, 4.69) is 0 Å². The van der Waals surface area contributed by atoms with Crippen molar-refractivity contribution in [2.75, 3.05) is 6.61 Å². The Bertz CT molecular complexity index is 1530. The molecular formula is C35H44O13. The number of fused-ring (bicyclic) bond motifs is 4. The molecule has 13 heteroatoms. The summed E-state index contributed by atoms with van der Waals surface area (Å²) in [6, 6.07) is 8.11. The lowest BCUT2D eigenvalue weighted by Gasteiger charge is -2.64. The Balaban J connectivity index is 1.93. The van der Waals surface area contributed by atoms with Crippen molar-refractivity contribution in [3.63, 3.8) is 0 Å².